The van der Waals surface area contributed by atoms with Crippen molar-refractivity contribution in [2.75, 3.05) is 48.9 Å². The molecule has 0 bridgehead atoms. The summed E-state index contributed by atoms with van der Waals surface area (Å²) in [6, 6.07) is 10.5. The molecule has 1 aliphatic rings. The van der Waals surface area contributed by atoms with Crippen molar-refractivity contribution < 1.29 is 39.9 Å². The van der Waals surface area contributed by atoms with Gasteiger partial charge in [0.25, 0.3) is 0 Å². The smallest absolute Gasteiger partial charge is 0.406 e. The number of halogens is 3. The van der Waals surface area contributed by atoms with E-state index in [4.69, 9.17) is 9.84 Å². The minimum absolute atomic E-state index is 0.0143. The Balaban J connectivity index is 0.00000259. The van der Waals surface area contributed by atoms with Crippen LogP contribution in [-0.2, 0) is 26.4 Å². The van der Waals surface area contributed by atoms with Crippen LogP contribution in [0.4, 0.5) is 24.5 Å². The number of methoxy groups -OCH3 is 1. The van der Waals surface area contributed by atoms with Crippen LogP contribution >= 0.6 is 0 Å². The number of ether oxygens (including phenoxy) is 1. The van der Waals surface area contributed by atoms with E-state index < -0.39 is 32.6 Å². The molecule has 242 valence electrons. The molecule has 10 nitrogen and oxygen atoms in total. The molecule has 4 rings (SSSR count). The number of hydrogen-bond acceptors (Lipinski definition) is 8. The molecule has 3 aromatic rings. The molecular weight excluding hydrogens is 621 g/mol. The maximum absolute atomic E-state index is 13.5. The fourth-order valence-corrected chi connectivity index (χ4v) is 7.17. The Kier molecular flexibility index (Phi) is 12.0. The van der Waals surface area contributed by atoms with Crippen LogP contribution in [0.1, 0.15) is 32.4 Å². The molecule has 15 heteroatoms. The fraction of sp³-hybridized carbons (Fsp3) is 0.448. The highest BCUT2D eigenvalue weighted by molar-refractivity contribution is 7.91. The highest BCUT2D eigenvalue weighted by Gasteiger charge is 2.30. The quantitative estimate of drug-likeness (QED) is 0.240. The molecule has 0 amide bonds. The third kappa shape index (κ3) is 9.28. The number of sulfonamides is 1. The van der Waals surface area contributed by atoms with Crippen LogP contribution in [0.3, 0.4) is 0 Å². The van der Waals surface area contributed by atoms with Gasteiger partial charge in [0.1, 0.15) is 22.1 Å². The van der Waals surface area contributed by atoms with Gasteiger partial charge < -0.3 is 25.0 Å². The zero-order chi connectivity index (χ0) is 32.5. The van der Waals surface area contributed by atoms with Crippen LogP contribution in [0.25, 0.3) is 10.9 Å². The summed E-state index contributed by atoms with van der Waals surface area (Å²) in [7, 11) is -5.56. The van der Waals surface area contributed by atoms with E-state index in [0.29, 0.717) is 35.1 Å². The first kappa shape index (κ1) is 35.0. The second kappa shape index (κ2) is 15.0. The highest BCUT2D eigenvalue weighted by Crippen LogP contribution is 2.32. The van der Waals surface area contributed by atoms with E-state index in [1.165, 1.54) is 25.3 Å². The van der Waals surface area contributed by atoms with E-state index in [2.05, 4.69) is 27.2 Å². The standard InChI is InChI=1S/C27H31F3N4O6S2.C2H6/c1-40-26-17-21(42(38,39)32-12-13-35)7-8-24(26)31-11-3-4-20-16-22-23(33-19-9-14-41(36,37)15-10-19)5-2-6-25(22)34(20)18-27(28,29)30;1-2/h2,5-8,16-17,19,31-33,35H,9-15,18H2,1H3;1-2H3. The van der Waals surface area contributed by atoms with Gasteiger partial charge in [-0.25, -0.2) is 21.6 Å². The number of rotatable bonds is 10. The summed E-state index contributed by atoms with van der Waals surface area (Å²) in [5, 5.41) is 15.7. The second-order valence-corrected chi connectivity index (χ2v) is 13.7. The summed E-state index contributed by atoms with van der Waals surface area (Å²) in [6.45, 7) is 2.27. The summed E-state index contributed by atoms with van der Waals surface area (Å²) in [6.07, 6.45) is -3.67. The maximum Gasteiger partial charge on any atom is 0.406 e. The van der Waals surface area contributed by atoms with E-state index in [9.17, 15) is 30.0 Å². The Morgan fingerprint density at radius 1 is 1.09 bits per heavy atom. The zero-order valence-corrected chi connectivity index (χ0v) is 26.3. The molecule has 4 N–H and O–H groups in total. The predicted molar refractivity (Wildman–Crippen MR) is 165 cm³/mol. The van der Waals surface area contributed by atoms with Gasteiger partial charge >= 0.3 is 6.18 Å². The van der Waals surface area contributed by atoms with Gasteiger partial charge in [-0.1, -0.05) is 25.8 Å². The lowest BCUT2D eigenvalue weighted by Crippen LogP contribution is -2.32. The molecule has 0 radical (unpaired) electrons. The van der Waals surface area contributed by atoms with Gasteiger partial charge in [-0.2, -0.15) is 13.2 Å². The van der Waals surface area contributed by atoms with Crippen LogP contribution in [0, 0.1) is 11.8 Å². The molecule has 0 aliphatic carbocycles. The lowest BCUT2D eigenvalue weighted by atomic mass is 10.1. The topological polar surface area (TPSA) is 139 Å². The predicted octanol–water partition coefficient (Wildman–Crippen LogP) is 3.96. The van der Waals surface area contributed by atoms with Crippen LogP contribution in [-0.4, -0.2) is 77.0 Å². The first-order valence-electron chi connectivity index (χ1n) is 14.0. The number of nitrogens with one attached hydrogen (secondary N) is 3. The van der Waals surface area contributed by atoms with Crippen molar-refractivity contribution in [3.05, 3.63) is 48.2 Å². The minimum Gasteiger partial charge on any atom is -0.495 e. The number of benzene rings is 2. The van der Waals surface area contributed by atoms with E-state index in [0.717, 1.165) is 4.57 Å². The van der Waals surface area contributed by atoms with Crippen LogP contribution < -0.4 is 20.1 Å². The van der Waals surface area contributed by atoms with Gasteiger partial charge in [0.15, 0.2) is 0 Å². The van der Waals surface area contributed by atoms with E-state index >= 15 is 0 Å². The number of alkyl halides is 3. The van der Waals surface area contributed by atoms with Crippen molar-refractivity contribution >= 4 is 42.1 Å². The largest absolute Gasteiger partial charge is 0.495 e. The molecule has 1 fully saturated rings. The number of hydrogen-bond donors (Lipinski definition) is 4. The van der Waals surface area contributed by atoms with Gasteiger partial charge in [-0.05, 0) is 49.1 Å². The lowest BCUT2D eigenvalue weighted by Gasteiger charge is -2.24. The third-order valence-electron chi connectivity index (χ3n) is 6.67. The number of fused-ring (bicyclic) bond motifs is 1. The number of aliphatic hydroxyl groups is 1. The first-order chi connectivity index (χ1) is 20.8. The van der Waals surface area contributed by atoms with Crippen LogP contribution in [0.2, 0.25) is 0 Å². The Morgan fingerprint density at radius 3 is 2.43 bits per heavy atom. The average Bonchev–Trinajstić information content (AvgIpc) is 3.32. The number of nitrogens with zero attached hydrogens (tertiary/aromatic N) is 1. The highest BCUT2D eigenvalue weighted by atomic mass is 32.2. The van der Waals surface area contributed by atoms with Crippen molar-refractivity contribution in [3.63, 3.8) is 0 Å². The van der Waals surface area contributed by atoms with Gasteiger partial charge in [0.05, 0.1) is 53.6 Å². The van der Waals surface area contributed by atoms with Crippen molar-refractivity contribution in [3.8, 4) is 17.6 Å². The summed E-state index contributed by atoms with van der Waals surface area (Å²) in [4.78, 5) is -0.0691. The number of aromatic nitrogens is 1. The molecule has 0 atom stereocenters. The summed E-state index contributed by atoms with van der Waals surface area (Å²) in [5.74, 6) is 5.95. The lowest BCUT2D eigenvalue weighted by molar-refractivity contribution is -0.140. The fourth-order valence-electron chi connectivity index (χ4n) is 4.64. The second-order valence-electron chi connectivity index (χ2n) is 9.68. The number of aliphatic hydroxyl groups excluding tert-OH is 1. The SMILES string of the molecule is CC.COc1cc(S(=O)(=O)NCCO)ccc1NCC#Cc1cc2c(NC3CCS(=O)(=O)CC3)cccc2n1CC(F)(F)F. The maximum atomic E-state index is 13.5. The molecule has 2 aromatic carbocycles. The van der Waals surface area contributed by atoms with Crippen molar-refractivity contribution in [2.45, 2.75) is 50.3 Å². The van der Waals surface area contributed by atoms with Crippen LogP contribution in [0.5, 0.6) is 5.75 Å². The van der Waals surface area contributed by atoms with Crippen molar-refractivity contribution in [2.24, 2.45) is 0 Å². The number of anilines is 2. The summed E-state index contributed by atoms with van der Waals surface area (Å²) in [5.41, 5.74) is 1.51. The van der Waals surface area contributed by atoms with E-state index in [1.54, 1.807) is 24.3 Å². The first-order valence-corrected chi connectivity index (χ1v) is 17.3. The van der Waals surface area contributed by atoms with E-state index in [1.807, 2.05) is 13.8 Å². The normalized spacial score (nSPS) is 15.1. The molecule has 0 spiro atoms. The Labute approximate surface area is 256 Å². The van der Waals surface area contributed by atoms with Gasteiger partial charge in [-0.3, -0.25) is 0 Å². The molecule has 0 unspecified atom stereocenters. The Morgan fingerprint density at radius 2 is 1.80 bits per heavy atom. The molecule has 1 saturated heterocycles. The molecule has 44 heavy (non-hydrogen) atoms. The van der Waals surface area contributed by atoms with Crippen LogP contribution in [0.15, 0.2) is 47.4 Å². The molecule has 0 saturated carbocycles. The van der Waals surface area contributed by atoms with Gasteiger partial charge in [0.2, 0.25) is 10.0 Å². The molecule has 2 heterocycles. The molecular formula is C29H37F3N4O6S2. The van der Waals surface area contributed by atoms with E-state index in [-0.39, 0.29) is 53.6 Å². The monoisotopic (exact) mass is 658 g/mol. The Hall–Kier alpha value is -3.45. The van der Waals surface area contributed by atoms with Gasteiger partial charge in [-0.15, -0.1) is 0 Å². The van der Waals surface area contributed by atoms with Crippen molar-refractivity contribution in [1.82, 2.24) is 9.29 Å². The summed E-state index contributed by atoms with van der Waals surface area (Å²) < 4.78 is 97.4. The molecule has 1 aliphatic heterocycles. The van der Waals surface area contributed by atoms with Gasteiger partial charge in [0, 0.05) is 29.7 Å². The summed E-state index contributed by atoms with van der Waals surface area (Å²) >= 11 is 0. The Bertz CT molecular complexity index is 1700. The molecule has 1 aromatic heterocycles. The average molecular weight is 659 g/mol. The van der Waals surface area contributed by atoms with Crippen molar-refractivity contribution in [1.29, 1.82) is 0 Å². The minimum atomic E-state index is -4.50. The zero-order valence-electron chi connectivity index (χ0n) is 24.7. The third-order valence-corrected chi connectivity index (χ3v) is 9.84. The number of sulfone groups is 1.